The molecule has 0 atom stereocenters. The van der Waals surface area contributed by atoms with Crippen LogP contribution in [0.4, 0.5) is 0 Å². The molecule has 0 spiro atoms. The monoisotopic (exact) mass is 404 g/mol. The topological polar surface area (TPSA) is 73.5 Å². The standard InChI is InChI=1S/C18H36N4O2S2/c1-3-4-17(23)20-8-13-25-26-14-9-21-18(24)7-12-22-10-5-16(6-11-22)15-19-2/h16,19H,3-15H2,1-2H3,(H,20,23)(H,21,24). The van der Waals surface area contributed by atoms with Crippen LogP contribution in [-0.2, 0) is 9.59 Å². The average Bonchev–Trinajstić information content (AvgIpc) is 2.64. The van der Waals surface area contributed by atoms with E-state index in [4.69, 9.17) is 0 Å². The van der Waals surface area contributed by atoms with Crippen LogP contribution in [0.3, 0.4) is 0 Å². The molecule has 0 aliphatic carbocycles. The number of carbonyl (C=O) groups is 2. The van der Waals surface area contributed by atoms with Gasteiger partial charge in [0, 0.05) is 44.0 Å². The van der Waals surface area contributed by atoms with Gasteiger partial charge in [0.2, 0.25) is 11.8 Å². The number of nitrogens with zero attached hydrogens (tertiary/aromatic N) is 1. The van der Waals surface area contributed by atoms with Crippen LogP contribution in [-0.4, -0.2) is 74.5 Å². The summed E-state index contributed by atoms with van der Waals surface area (Å²) in [5.41, 5.74) is 0. The maximum Gasteiger partial charge on any atom is 0.221 e. The van der Waals surface area contributed by atoms with Crippen molar-refractivity contribution in [1.82, 2.24) is 20.9 Å². The van der Waals surface area contributed by atoms with Crippen LogP contribution >= 0.6 is 21.6 Å². The molecule has 0 saturated carbocycles. The quantitative estimate of drug-likeness (QED) is 0.302. The van der Waals surface area contributed by atoms with Gasteiger partial charge in [0.15, 0.2) is 0 Å². The second-order valence-electron chi connectivity index (χ2n) is 6.69. The Morgan fingerprint density at radius 2 is 1.58 bits per heavy atom. The second kappa shape index (κ2) is 15.6. The molecule has 3 N–H and O–H groups in total. The highest BCUT2D eigenvalue weighted by molar-refractivity contribution is 8.76. The number of carbonyl (C=O) groups excluding carboxylic acids is 2. The maximum absolute atomic E-state index is 11.9. The lowest BCUT2D eigenvalue weighted by atomic mass is 9.97. The van der Waals surface area contributed by atoms with Gasteiger partial charge in [-0.25, -0.2) is 0 Å². The molecule has 1 heterocycles. The molecule has 1 saturated heterocycles. The fraction of sp³-hybridized carbons (Fsp3) is 0.889. The highest BCUT2D eigenvalue weighted by Crippen LogP contribution is 2.19. The number of hydrogen-bond acceptors (Lipinski definition) is 6. The first kappa shape index (κ1) is 23.6. The number of likely N-dealkylation sites (tertiary alicyclic amines) is 1. The summed E-state index contributed by atoms with van der Waals surface area (Å²) in [7, 11) is 5.50. The molecule has 0 aromatic carbocycles. The molecule has 152 valence electrons. The lowest BCUT2D eigenvalue weighted by molar-refractivity contribution is -0.122. The Hall–Kier alpha value is -0.440. The van der Waals surface area contributed by atoms with E-state index >= 15 is 0 Å². The number of hydrogen-bond donors (Lipinski definition) is 3. The predicted molar refractivity (Wildman–Crippen MR) is 114 cm³/mol. The smallest absolute Gasteiger partial charge is 0.221 e. The number of piperidine rings is 1. The van der Waals surface area contributed by atoms with Crippen LogP contribution < -0.4 is 16.0 Å². The normalized spacial score (nSPS) is 15.8. The summed E-state index contributed by atoms with van der Waals surface area (Å²) in [5, 5.41) is 9.15. The summed E-state index contributed by atoms with van der Waals surface area (Å²) < 4.78 is 0. The molecule has 8 heteroatoms. The summed E-state index contributed by atoms with van der Waals surface area (Å²) in [5.74, 6) is 2.88. The fourth-order valence-electron chi connectivity index (χ4n) is 2.95. The Morgan fingerprint density at radius 1 is 1.00 bits per heavy atom. The fourth-order valence-corrected chi connectivity index (χ4v) is 4.76. The molecule has 1 fully saturated rings. The van der Waals surface area contributed by atoms with E-state index in [0.29, 0.717) is 25.9 Å². The summed E-state index contributed by atoms with van der Waals surface area (Å²) in [4.78, 5) is 25.6. The largest absolute Gasteiger partial charge is 0.355 e. The third-order valence-corrected chi connectivity index (χ3v) is 6.84. The predicted octanol–water partition coefficient (Wildman–Crippen LogP) is 1.72. The van der Waals surface area contributed by atoms with Gasteiger partial charge < -0.3 is 20.9 Å². The van der Waals surface area contributed by atoms with E-state index in [1.165, 1.54) is 12.8 Å². The first-order valence-corrected chi connectivity index (χ1v) is 12.3. The molecule has 1 aliphatic rings. The lowest BCUT2D eigenvalue weighted by Crippen LogP contribution is -2.39. The minimum atomic E-state index is 0.136. The highest BCUT2D eigenvalue weighted by atomic mass is 33.1. The summed E-state index contributed by atoms with van der Waals surface area (Å²) in [6.45, 7) is 7.64. The van der Waals surface area contributed by atoms with Gasteiger partial charge in [0.1, 0.15) is 0 Å². The van der Waals surface area contributed by atoms with Gasteiger partial charge in [-0.05, 0) is 51.9 Å². The van der Waals surface area contributed by atoms with E-state index in [0.717, 1.165) is 50.0 Å². The van der Waals surface area contributed by atoms with Gasteiger partial charge in [-0.2, -0.15) is 0 Å². The molecule has 0 unspecified atom stereocenters. The van der Waals surface area contributed by atoms with Gasteiger partial charge in [0.25, 0.3) is 0 Å². The Kier molecular flexibility index (Phi) is 14.2. The van der Waals surface area contributed by atoms with Gasteiger partial charge in [-0.15, -0.1) is 0 Å². The number of rotatable bonds is 14. The Morgan fingerprint density at radius 3 is 2.12 bits per heavy atom. The van der Waals surface area contributed by atoms with Gasteiger partial charge in [0.05, 0.1) is 0 Å². The van der Waals surface area contributed by atoms with Crippen molar-refractivity contribution in [2.75, 3.05) is 57.8 Å². The first-order chi connectivity index (χ1) is 12.7. The zero-order valence-corrected chi connectivity index (χ0v) is 18.0. The lowest BCUT2D eigenvalue weighted by Gasteiger charge is -2.31. The zero-order valence-electron chi connectivity index (χ0n) is 16.3. The SMILES string of the molecule is CCCC(=O)NCCSSCCNC(=O)CCN1CCC(CNC)CC1. The number of nitrogens with one attached hydrogen (secondary N) is 3. The van der Waals surface area contributed by atoms with Crippen LogP contribution in [0.1, 0.15) is 39.0 Å². The van der Waals surface area contributed by atoms with Crippen LogP contribution in [0.15, 0.2) is 0 Å². The molecule has 0 aromatic heterocycles. The summed E-state index contributed by atoms with van der Waals surface area (Å²) in [6, 6.07) is 0. The van der Waals surface area contributed by atoms with E-state index in [1.54, 1.807) is 21.6 Å². The number of amides is 2. The van der Waals surface area contributed by atoms with Crippen molar-refractivity contribution in [1.29, 1.82) is 0 Å². The van der Waals surface area contributed by atoms with Crippen molar-refractivity contribution < 1.29 is 9.59 Å². The Labute approximate surface area is 166 Å². The zero-order chi connectivity index (χ0) is 19.0. The van der Waals surface area contributed by atoms with Crippen molar-refractivity contribution in [3.05, 3.63) is 0 Å². The van der Waals surface area contributed by atoms with Crippen molar-refractivity contribution in [2.24, 2.45) is 5.92 Å². The molecule has 0 radical (unpaired) electrons. The molecule has 0 bridgehead atoms. The van der Waals surface area contributed by atoms with Crippen LogP contribution in [0.2, 0.25) is 0 Å². The van der Waals surface area contributed by atoms with E-state index in [9.17, 15) is 9.59 Å². The van der Waals surface area contributed by atoms with Gasteiger partial charge in [-0.1, -0.05) is 28.5 Å². The minimum absolute atomic E-state index is 0.136. The molecule has 0 aromatic rings. The summed E-state index contributed by atoms with van der Waals surface area (Å²) >= 11 is 0. The average molecular weight is 405 g/mol. The molecule has 26 heavy (non-hydrogen) atoms. The third-order valence-electron chi connectivity index (χ3n) is 4.43. The van der Waals surface area contributed by atoms with Crippen LogP contribution in [0, 0.1) is 5.92 Å². The van der Waals surface area contributed by atoms with Gasteiger partial charge >= 0.3 is 0 Å². The second-order valence-corrected chi connectivity index (χ2v) is 9.39. The van der Waals surface area contributed by atoms with Crippen molar-refractivity contribution in [2.45, 2.75) is 39.0 Å². The van der Waals surface area contributed by atoms with Crippen LogP contribution in [0.25, 0.3) is 0 Å². The summed E-state index contributed by atoms with van der Waals surface area (Å²) in [6.07, 6.45) is 4.56. The van der Waals surface area contributed by atoms with E-state index < -0.39 is 0 Å². The molecule has 1 aliphatic heterocycles. The van der Waals surface area contributed by atoms with Crippen molar-refractivity contribution in [3.63, 3.8) is 0 Å². The first-order valence-electron chi connectivity index (χ1n) is 9.80. The van der Waals surface area contributed by atoms with Crippen molar-refractivity contribution >= 4 is 33.4 Å². The third kappa shape index (κ3) is 12.0. The Bertz CT molecular complexity index is 391. The molecular weight excluding hydrogens is 368 g/mol. The van der Waals surface area contributed by atoms with E-state index in [1.807, 2.05) is 14.0 Å². The molecule has 1 rings (SSSR count). The maximum atomic E-state index is 11.9. The Balaban J connectivity index is 1.89. The van der Waals surface area contributed by atoms with E-state index in [2.05, 4.69) is 20.9 Å². The minimum Gasteiger partial charge on any atom is -0.355 e. The highest BCUT2D eigenvalue weighted by Gasteiger charge is 2.18. The van der Waals surface area contributed by atoms with Gasteiger partial charge in [-0.3, -0.25) is 9.59 Å². The van der Waals surface area contributed by atoms with Crippen molar-refractivity contribution in [3.8, 4) is 0 Å². The van der Waals surface area contributed by atoms with Crippen LogP contribution in [0.5, 0.6) is 0 Å². The van der Waals surface area contributed by atoms with E-state index in [-0.39, 0.29) is 11.8 Å². The molecule has 6 nitrogen and oxygen atoms in total. The molecular formula is C18H36N4O2S2. The molecule has 2 amide bonds.